The number of benzene rings is 1. The maximum absolute atomic E-state index is 12.5. The van der Waals surface area contributed by atoms with E-state index in [-0.39, 0.29) is 10.3 Å². The highest BCUT2D eigenvalue weighted by molar-refractivity contribution is 9.10. The number of piperidine rings is 1. The number of methoxy groups -OCH3 is 1. The van der Waals surface area contributed by atoms with Crippen molar-refractivity contribution in [1.82, 2.24) is 10.0 Å². The summed E-state index contributed by atoms with van der Waals surface area (Å²) in [6, 6.07) is 4.95. The summed E-state index contributed by atoms with van der Waals surface area (Å²) in [5.41, 5.74) is -0.0510. The fourth-order valence-electron chi connectivity index (χ4n) is 2.48. The van der Waals surface area contributed by atoms with Crippen LogP contribution in [0.4, 0.5) is 0 Å². The van der Waals surface area contributed by atoms with Gasteiger partial charge in [-0.25, -0.2) is 13.1 Å². The predicted molar refractivity (Wildman–Crippen MR) is 86.1 cm³/mol. The summed E-state index contributed by atoms with van der Waals surface area (Å²) in [5.74, 6) is 0.345. The Kier molecular flexibility index (Phi) is 5.29. The molecule has 0 radical (unpaired) electrons. The van der Waals surface area contributed by atoms with Gasteiger partial charge in [0.15, 0.2) is 0 Å². The molecule has 1 atom stereocenters. The fourth-order valence-corrected chi connectivity index (χ4v) is 4.38. The van der Waals surface area contributed by atoms with Crippen molar-refractivity contribution in [3.63, 3.8) is 0 Å². The lowest BCUT2D eigenvalue weighted by Crippen LogP contribution is -2.45. The SMILES string of the molecule is COc1ccc(Br)cc1S(=O)(=O)NCC1(C)CCCNC1. The van der Waals surface area contributed by atoms with Crippen LogP contribution >= 0.6 is 15.9 Å². The first-order valence-corrected chi connectivity index (χ1v) is 9.18. The molecule has 1 aromatic carbocycles. The van der Waals surface area contributed by atoms with Gasteiger partial charge in [0.2, 0.25) is 10.0 Å². The van der Waals surface area contributed by atoms with Crippen LogP contribution in [-0.4, -0.2) is 35.2 Å². The first kappa shape index (κ1) is 16.7. The summed E-state index contributed by atoms with van der Waals surface area (Å²) in [7, 11) is -2.13. The minimum absolute atomic E-state index is 0.0510. The minimum Gasteiger partial charge on any atom is -0.495 e. The third-order valence-corrected chi connectivity index (χ3v) is 5.71. The number of hydrogen-bond donors (Lipinski definition) is 2. The highest BCUT2D eigenvalue weighted by Crippen LogP contribution is 2.29. The standard InChI is InChI=1S/C14H21BrN2O3S/c1-14(6-3-7-16-9-14)10-17-21(18,19)13-8-11(15)4-5-12(13)20-2/h4-5,8,16-17H,3,6-7,9-10H2,1-2H3. The largest absolute Gasteiger partial charge is 0.495 e. The van der Waals surface area contributed by atoms with Gasteiger partial charge < -0.3 is 10.1 Å². The Morgan fingerprint density at radius 2 is 2.24 bits per heavy atom. The molecule has 1 aliphatic rings. The van der Waals surface area contributed by atoms with Gasteiger partial charge in [-0.1, -0.05) is 22.9 Å². The molecule has 0 saturated carbocycles. The summed E-state index contributed by atoms with van der Waals surface area (Å²) in [4.78, 5) is 0.159. The molecule has 1 saturated heterocycles. The molecule has 21 heavy (non-hydrogen) atoms. The first-order valence-electron chi connectivity index (χ1n) is 6.90. The summed E-state index contributed by atoms with van der Waals surface area (Å²) in [5, 5.41) is 3.32. The number of ether oxygens (including phenoxy) is 1. The number of rotatable bonds is 5. The first-order chi connectivity index (χ1) is 9.86. The van der Waals surface area contributed by atoms with E-state index in [1.807, 2.05) is 0 Å². The monoisotopic (exact) mass is 376 g/mol. The second kappa shape index (κ2) is 6.64. The summed E-state index contributed by atoms with van der Waals surface area (Å²) in [6.07, 6.45) is 2.08. The minimum atomic E-state index is -3.60. The van der Waals surface area contributed by atoms with Crippen molar-refractivity contribution in [3.05, 3.63) is 22.7 Å². The van der Waals surface area contributed by atoms with Gasteiger partial charge in [0.05, 0.1) is 7.11 Å². The van der Waals surface area contributed by atoms with Gasteiger partial charge in [-0.3, -0.25) is 0 Å². The number of nitrogens with one attached hydrogen (secondary N) is 2. The van der Waals surface area contributed by atoms with E-state index in [0.717, 1.165) is 25.9 Å². The number of hydrogen-bond acceptors (Lipinski definition) is 4. The van der Waals surface area contributed by atoms with Gasteiger partial charge in [-0.15, -0.1) is 0 Å². The average molecular weight is 377 g/mol. The van der Waals surface area contributed by atoms with E-state index in [1.54, 1.807) is 18.2 Å². The van der Waals surface area contributed by atoms with E-state index >= 15 is 0 Å². The molecule has 1 fully saturated rings. The highest BCUT2D eigenvalue weighted by Gasteiger charge is 2.29. The molecule has 0 bridgehead atoms. The smallest absolute Gasteiger partial charge is 0.244 e. The average Bonchev–Trinajstić information content (AvgIpc) is 2.46. The van der Waals surface area contributed by atoms with Crippen molar-refractivity contribution in [3.8, 4) is 5.75 Å². The third kappa shape index (κ3) is 4.18. The van der Waals surface area contributed by atoms with Gasteiger partial charge in [-0.2, -0.15) is 0 Å². The molecule has 1 aromatic rings. The van der Waals surface area contributed by atoms with E-state index in [2.05, 4.69) is 32.9 Å². The van der Waals surface area contributed by atoms with Crippen molar-refractivity contribution >= 4 is 26.0 Å². The van der Waals surface area contributed by atoms with Gasteiger partial charge in [0.25, 0.3) is 0 Å². The Morgan fingerprint density at radius 3 is 2.86 bits per heavy atom. The van der Waals surface area contributed by atoms with E-state index in [4.69, 9.17) is 4.74 Å². The van der Waals surface area contributed by atoms with Gasteiger partial charge >= 0.3 is 0 Å². The lowest BCUT2D eigenvalue weighted by molar-refractivity contribution is 0.238. The molecular weight excluding hydrogens is 356 g/mol. The van der Waals surface area contributed by atoms with Crippen molar-refractivity contribution in [1.29, 1.82) is 0 Å². The van der Waals surface area contributed by atoms with Crippen LogP contribution in [0.2, 0.25) is 0 Å². The lowest BCUT2D eigenvalue weighted by Gasteiger charge is -2.34. The Hall–Kier alpha value is -0.630. The molecule has 0 amide bonds. The summed E-state index contributed by atoms with van der Waals surface area (Å²) >= 11 is 3.30. The van der Waals surface area contributed by atoms with Crippen LogP contribution < -0.4 is 14.8 Å². The van der Waals surface area contributed by atoms with Crippen LogP contribution in [0.3, 0.4) is 0 Å². The molecule has 0 aliphatic carbocycles. The highest BCUT2D eigenvalue weighted by atomic mass is 79.9. The van der Waals surface area contributed by atoms with Crippen LogP contribution in [0, 0.1) is 5.41 Å². The molecule has 0 aromatic heterocycles. The quantitative estimate of drug-likeness (QED) is 0.825. The zero-order valence-corrected chi connectivity index (χ0v) is 14.7. The van der Waals surface area contributed by atoms with Crippen molar-refractivity contribution in [2.24, 2.45) is 5.41 Å². The van der Waals surface area contributed by atoms with Crippen LogP contribution in [0.5, 0.6) is 5.75 Å². The molecule has 118 valence electrons. The molecule has 5 nitrogen and oxygen atoms in total. The molecule has 2 N–H and O–H groups in total. The Labute approximate surface area is 134 Å². The summed E-state index contributed by atoms with van der Waals surface area (Å²) < 4.78 is 33.6. The molecule has 1 unspecified atom stereocenters. The lowest BCUT2D eigenvalue weighted by atomic mass is 9.83. The fraction of sp³-hybridized carbons (Fsp3) is 0.571. The molecule has 1 heterocycles. The van der Waals surface area contributed by atoms with Crippen molar-refractivity contribution in [2.45, 2.75) is 24.7 Å². The predicted octanol–water partition coefficient (Wildman–Crippen LogP) is 2.13. The molecule has 1 aliphatic heterocycles. The molecule has 0 spiro atoms. The van der Waals surface area contributed by atoms with Crippen molar-refractivity contribution in [2.75, 3.05) is 26.7 Å². The molecule has 7 heteroatoms. The maximum Gasteiger partial charge on any atom is 0.244 e. The van der Waals surface area contributed by atoms with E-state index in [0.29, 0.717) is 16.8 Å². The second-order valence-corrected chi connectivity index (χ2v) is 8.36. The Morgan fingerprint density at radius 1 is 1.48 bits per heavy atom. The Bertz CT molecular complexity index is 598. The van der Waals surface area contributed by atoms with E-state index in [1.165, 1.54) is 7.11 Å². The normalized spacial score (nSPS) is 23.0. The van der Waals surface area contributed by atoms with Crippen LogP contribution in [0.15, 0.2) is 27.6 Å². The molecule has 2 rings (SSSR count). The van der Waals surface area contributed by atoms with Crippen molar-refractivity contribution < 1.29 is 13.2 Å². The zero-order valence-electron chi connectivity index (χ0n) is 12.3. The maximum atomic E-state index is 12.5. The number of sulfonamides is 1. The Balaban J connectivity index is 2.17. The zero-order chi connectivity index (χ0) is 15.5. The van der Waals surface area contributed by atoms with E-state index < -0.39 is 10.0 Å². The third-order valence-electron chi connectivity index (χ3n) is 3.79. The van der Waals surface area contributed by atoms with Crippen LogP contribution in [0.1, 0.15) is 19.8 Å². The van der Waals surface area contributed by atoms with Crippen LogP contribution in [-0.2, 0) is 10.0 Å². The van der Waals surface area contributed by atoms with Gasteiger partial charge in [0.1, 0.15) is 10.6 Å². The topological polar surface area (TPSA) is 67.4 Å². The van der Waals surface area contributed by atoms with Gasteiger partial charge in [0, 0.05) is 17.6 Å². The van der Waals surface area contributed by atoms with Crippen LogP contribution in [0.25, 0.3) is 0 Å². The summed E-state index contributed by atoms with van der Waals surface area (Å²) in [6.45, 7) is 4.34. The molecular formula is C14H21BrN2O3S. The van der Waals surface area contributed by atoms with Gasteiger partial charge in [-0.05, 0) is 43.0 Å². The van der Waals surface area contributed by atoms with E-state index in [9.17, 15) is 8.42 Å². The number of halogens is 1. The second-order valence-electron chi connectivity index (χ2n) is 5.71.